The summed E-state index contributed by atoms with van der Waals surface area (Å²) in [5.74, 6) is 2.09. The standard InChI is InChI=1S/C15H20ClNOS/c1-2-9-17-14(15-4-3-10-18-15)11-19-13-7-5-12(16)6-8-13/h4-8,14,17H,2-3,9-11H2,1H3. The third kappa shape index (κ3) is 4.75. The first-order valence-electron chi connectivity index (χ1n) is 6.74. The molecule has 0 aromatic heterocycles. The van der Waals surface area contributed by atoms with Crippen molar-refractivity contribution in [2.24, 2.45) is 0 Å². The van der Waals surface area contributed by atoms with Crippen LogP contribution in [0.3, 0.4) is 0 Å². The Bertz CT molecular complexity index is 419. The molecule has 0 aliphatic carbocycles. The van der Waals surface area contributed by atoms with E-state index < -0.39 is 0 Å². The van der Waals surface area contributed by atoms with Crippen molar-refractivity contribution in [2.45, 2.75) is 30.7 Å². The lowest BCUT2D eigenvalue weighted by Crippen LogP contribution is -2.34. The minimum absolute atomic E-state index is 0.308. The average molecular weight is 298 g/mol. The molecule has 1 unspecified atom stereocenters. The maximum Gasteiger partial charge on any atom is 0.110 e. The van der Waals surface area contributed by atoms with Crippen LogP contribution >= 0.6 is 23.4 Å². The third-order valence-electron chi connectivity index (χ3n) is 2.95. The molecule has 0 radical (unpaired) electrons. The molecule has 0 spiro atoms. The first kappa shape index (κ1) is 14.8. The van der Waals surface area contributed by atoms with E-state index in [-0.39, 0.29) is 0 Å². The largest absolute Gasteiger partial charge is 0.496 e. The molecule has 4 heteroatoms. The molecule has 1 aliphatic rings. The first-order chi connectivity index (χ1) is 9.29. The summed E-state index contributed by atoms with van der Waals surface area (Å²) in [4.78, 5) is 1.24. The fourth-order valence-electron chi connectivity index (χ4n) is 1.95. The van der Waals surface area contributed by atoms with Crippen LogP contribution in [0.1, 0.15) is 19.8 Å². The van der Waals surface area contributed by atoms with Crippen molar-refractivity contribution in [3.8, 4) is 0 Å². The highest BCUT2D eigenvalue weighted by Gasteiger charge is 2.18. The summed E-state index contributed by atoms with van der Waals surface area (Å²) in [6.07, 6.45) is 4.37. The van der Waals surface area contributed by atoms with Crippen LogP contribution in [-0.4, -0.2) is 24.9 Å². The summed E-state index contributed by atoms with van der Waals surface area (Å²) in [6, 6.07) is 8.30. The van der Waals surface area contributed by atoms with E-state index >= 15 is 0 Å². The lowest BCUT2D eigenvalue weighted by atomic mass is 10.2. The summed E-state index contributed by atoms with van der Waals surface area (Å²) in [6.45, 7) is 4.03. The molecule has 1 aromatic carbocycles. The van der Waals surface area contributed by atoms with E-state index in [1.165, 1.54) is 4.90 Å². The number of halogens is 1. The minimum Gasteiger partial charge on any atom is -0.496 e. The van der Waals surface area contributed by atoms with Gasteiger partial charge in [0.15, 0.2) is 0 Å². The molecule has 0 bridgehead atoms. The number of ether oxygens (including phenoxy) is 1. The lowest BCUT2D eigenvalue weighted by molar-refractivity contribution is 0.220. The molecule has 2 nitrogen and oxygen atoms in total. The maximum atomic E-state index is 5.90. The van der Waals surface area contributed by atoms with Crippen LogP contribution in [0.25, 0.3) is 0 Å². The van der Waals surface area contributed by atoms with E-state index in [4.69, 9.17) is 16.3 Å². The Balaban J connectivity index is 1.90. The van der Waals surface area contributed by atoms with Gasteiger partial charge in [0.1, 0.15) is 5.76 Å². The van der Waals surface area contributed by atoms with E-state index in [2.05, 4.69) is 30.4 Å². The van der Waals surface area contributed by atoms with Crippen molar-refractivity contribution in [1.29, 1.82) is 0 Å². The zero-order valence-corrected chi connectivity index (χ0v) is 12.8. The zero-order valence-electron chi connectivity index (χ0n) is 11.2. The van der Waals surface area contributed by atoms with Crippen molar-refractivity contribution in [3.05, 3.63) is 41.1 Å². The smallest absolute Gasteiger partial charge is 0.110 e. The Labute approximate surface area is 124 Å². The molecular formula is C15H20ClNOS. The molecule has 0 saturated heterocycles. The predicted molar refractivity (Wildman–Crippen MR) is 82.9 cm³/mol. The summed E-state index contributed by atoms with van der Waals surface area (Å²) in [5, 5.41) is 4.34. The molecule has 0 amide bonds. The van der Waals surface area contributed by atoms with E-state index in [1.807, 2.05) is 23.9 Å². The Morgan fingerprint density at radius 3 is 2.79 bits per heavy atom. The lowest BCUT2D eigenvalue weighted by Gasteiger charge is -2.19. The van der Waals surface area contributed by atoms with Crippen LogP contribution < -0.4 is 5.32 Å². The molecule has 1 atom stereocenters. The van der Waals surface area contributed by atoms with Crippen molar-refractivity contribution >= 4 is 23.4 Å². The van der Waals surface area contributed by atoms with E-state index in [0.717, 1.165) is 42.5 Å². The molecule has 104 valence electrons. The number of nitrogens with one attached hydrogen (secondary N) is 1. The summed E-state index contributed by atoms with van der Waals surface area (Å²) in [7, 11) is 0. The molecule has 0 saturated carbocycles. The van der Waals surface area contributed by atoms with E-state index in [9.17, 15) is 0 Å². The quantitative estimate of drug-likeness (QED) is 0.766. The first-order valence-corrected chi connectivity index (χ1v) is 8.10. The number of hydrogen-bond acceptors (Lipinski definition) is 3. The molecule has 0 fully saturated rings. The van der Waals surface area contributed by atoms with Crippen LogP contribution in [0.5, 0.6) is 0 Å². The van der Waals surface area contributed by atoms with E-state index in [0.29, 0.717) is 6.04 Å². The van der Waals surface area contributed by atoms with Crippen molar-refractivity contribution in [1.82, 2.24) is 5.32 Å². The van der Waals surface area contributed by atoms with Crippen LogP contribution in [0, 0.1) is 0 Å². The second kappa shape index (κ2) is 7.83. The highest BCUT2D eigenvalue weighted by molar-refractivity contribution is 7.99. The van der Waals surface area contributed by atoms with Crippen molar-refractivity contribution in [2.75, 3.05) is 18.9 Å². The van der Waals surface area contributed by atoms with Crippen LogP contribution in [0.15, 0.2) is 41.0 Å². The minimum atomic E-state index is 0.308. The van der Waals surface area contributed by atoms with Gasteiger partial charge in [-0.3, -0.25) is 0 Å². The molecule has 1 N–H and O–H groups in total. The van der Waals surface area contributed by atoms with Gasteiger partial charge in [0.2, 0.25) is 0 Å². The van der Waals surface area contributed by atoms with Crippen molar-refractivity contribution in [3.63, 3.8) is 0 Å². The van der Waals surface area contributed by atoms with Crippen LogP contribution in [0.4, 0.5) is 0 Å². The number of rotatable bonds is 7. The fourth-order valence-corrected chi connectivity index (χ4v) is 3.05. The third-order valence-corrected chi connectivity index (χ3v) is 4.30. The summed E-state index contributed by atoms with van der Waals surface area (Å²) >= 11 is 7.73. The predicted octanol–water partition coefficient (Wildman–Crippen LogP) is 4.10. The highest BCUT2D eigenvalue weighted by atomic mass is 35.5. The van der Waals surface area contributed by atoms with Crippen molar-refractivity contribution < 1.29 is 4.74 Å². The fraction of sp³-hybridized carbons (Fsp3) is 0.467. The molecule has 19 heavy (non-hydrogen) atoms. The topological polar surface area (TPSA) is 21.3 Å². The molecule has 1 heterocycles. The van der Waals surface area contributed by atoms with Gasteiger partial charge >= 0.3 is 0 Å². The Kier molecular flexibility index (Phi) is 6.08. The molecule has 1 aromatic rings. The Morgan fingerprint density at radius 1 is 1.37 bits per heavy atom. The number of hydrogen-bond donors (Lipinski definition) is 1. The zero-order chi connectivity index (χ0) is 13.5. The SMILES string of the molecule is CCCNC(CSc1ccc(Cl)cc1)C1=CCCO1. The molecule has 2 rings (SSSR count). The van der Waals surface area contributed by atoms with Crippen LogP contribution in [-0.2, 0) is 4.74 Å². The van der Waals surface area contributed by atoms with Gasteiger partial charge in [-0.2, -0.15) is 0 Å². The van der Waals surface area contributed by atoms with Gasteiger partial charge in [0.05, 0.1) is 12.6 Å². The monoisotopic (exact) mass is 297 g/mol. The van der Waals surface area contributed by atoms with Gasteiger partial charge in [-0.1, -0.05) is 18.5 Å². The average Bonchev–Trinajstić information content (AvgIpc) is 2.95. The van der Waals surface area contributed by atoms with Gasteiger partial charge in [-0.25, -0.2) is 0 Å². The summed E-state index contributed by atoms with van der Waals surface area (Å²) in [5.41, 5.74) is 0. The molecular weight excluding hydrogens is 278 g/mol. The van der Waals surface area contributed by atoms with Crippen LogP contribution in [0.2, 0.25) is 5.02 Å². The van der Waals surface area contributed by atoms with Gasteiger partial charge in [0, 0.05) is 22.1 Å². The van der Waals surface area contributed by atoms with Gasteiger partial charge in [-0.15, -0.1) is 11.8 Å². The normalized spacial score (nSPS) is 16.0. The molecule has 1 aliphatic heterocycles. The number of benzene rings is 1. The Morgan fingerprint density at radius 2 is 2.16 bits per heavy atom. The van der Waals surface area contributed by atoms with Gasteiger partial charge < -0.3 is 10.1 Å². The second-order valence-corrected chi connectivity index (χ2v) is 6.05. The van der Waals surface area contributed by atoms with E-state index in [1.54, 1.807) is 0 Å². The Hall–Kier alpha value is -0.640. The number of thioether (sulfide) groups is 1. The van der Waals surface area contributed by atoms with Gasteiger partial charge in [-0.05, 0) is 43.3 Å². The maximum absolute atomic E-state index is 5.90. The second-order valence-electron chi connectivity index (χ2n) is 4.52. The van der Waals surface area contributed by atoms with Gasteiger partial charge in [0.25, 0.3) is 0 Å². The summed E-state index contributed by atoms with van der Waals surface area (Å²) < 4.78 is 5.68. The highest BCUT2D eigenvalue weighted by Crippen LogP contribution is 2.24.